The lowest BCUT2D eigenvalue weighted by atomic mass is 10.1. The third-order valence-electron chi connectivity index (χ3n) is 2.81. The molecule has 0 fully saturated rings. The van der Waals surface area contributed by atoms with Gasteiger partial charge in [-0.3, -0.25) is 0 Å². The van der Waals surface area contributed by atoms with E-state index >= 15 is 0 Å². The van der Waals surface area contributed by atoms with Crippen molar-refractivity contribution in [3.8, 4) is 5.75 Å². The Labute approximate surface area is 105 Å². The fourth-order valence-corrected chi connectivity index (χ4v) is 1.85. The van der Waals surface area contributed by atoms with Gasteiger partial charge in [-0.2, -0.15) is 0 Å². The van der Waals surface area contributed by atoms with Crippen molar-refractivity contribution in [1.29, 1.82) is 0 Å². The van der Waals surface area contributed by atoms with E-state index < -0.39 is 0 Å². The fraction of sp³-hybridized carbons (Fsp3) is 0.600. The Morgan fingerprint density at radius 2 is 1.88 bits per heavy atom. The van der Waals surface area contributed by atoms with Crippen molar-refractivity contribution in [2.75, 3.05) is 13.9 Å². The molecule has 0 spiro atoms. The van der Waals surface area contributed by atoms with Crippen LogP contribution < -0.4 is 4.74 Å². The summed E-state index contributed by atoms with van der Waals surface area (Å²) in [4.78, 5) is 0. The quantitative estimate of drug-likeness (QED) is 0.473. The largest absolute Gasteiger partial charge is 0.468 e. The van der Waals surface area contributed by atoms with E-state index in [4.69, 9.17) is 9.47 Å². The first-order valence-corrected chi connectivity index (χ1v) is 6.57. The Morgan fingerprint density at radius 3 is 2.65 bits per heavy atom. The van der Waals surface area contributed by atoms with Gasteiger partial charge in [0.05, 0.1) is 0 Å². The van der Waals surface area contributed by atoms with Crippen LogP contribution in [0.15, 0.2) is 24.3 Å². The van der Waals surface area contributed by atoms with Crippen LogP contribution in [0.3, 0.4) is 0 Å². The van der Waals surface area contributed by atoms with E-state index in [-0.39, 0.29) is 0 Å². The van der Waals surface area contributed by atoms with Crippen molar-refractivity contribution >= 4 is 0 Å². The van der Waals surface area contributed by atoms with Gasteiger partial charge >= 0.3 is 0 Å². The van der Waals surface area contributed by atoms with Crippen LogP contribution in [0, 0.1) is 0 Å². The molecule has 0 unspecified atom stereocenters. The average molecular weight is 236 g/mol. The van der Waals surface area contributed by atoms with Crippen LogP contribution in [0.2, 0.25) is 0 Å². The molecule has 1 rings (SSSR count). The van der Waals surface area contributed by atoms with E-state index in [2.05, 4.69) is 19.1 Å². The van der Waals surface area contributed by atoms with Gasteiger partial charge in [0, 0.05) is 7.11 Å². The van der Waals surface area contributed by atoms with Crippen molar-refractivity contribution in [3.05, 3.63) is 29.8 Å². The predicted molar refractivity (Wildman–Crippen MR) is 71.4 cm³/mol. The summed E-state index contributed by atoms with van der Waals surface area (Å²) in [5, 5.41) is 0. The molecule has 0 atom stereocenters. The summed E-state index contributed by atoms with van der Waals surface area (Å²) in [7, 11) is 1.64. The molecule has 0 aliphatic heterocycles. The van der Waals surface area contributed by atoms with E-state index in [1.54, 1.807) is 7.11 Å². The minimum Gasteiger partial charge on any atom is -0.468 e. The maximum absolute atomic E-state index is 5.42. The summed E-state index contributed by atoms with van der Waals surface area (Å²) in [6, 6.07) is 8.30. The van der Waals surface area contributed by atoms with Crippen LogP contribution >= 0.6 is 0 Å². The van der Waals surface area contributed by atoms with Crippen molar-refractivity contribution in [2.45, 2.75) is 45.4 Å². The second kappa shape index (κ2) is 9.06. The summed E-state index contributed by atoms with van der Waals surface area (Å²) in [5.41, 5.74) is 1.36. The molecule has 0 radical (unpaired) electrons. The zero-order chi connectivity index (χ0) is 12.3. The van der Waals surface area contributed by atoms with E-state index in [9.17, 15) is 0 Å². The summed E-state index contributed by atoms with van der Waals surface area (Å²) in [6.45, 7) is 2.57. The highest BCUT2D eigenvalue weighted by Crippen LogP contribution is 2.16. The number of hydrogen-bond donors (Lipinski definition) is 0. The number of unbranched alkanes of at least 4 members (excludes halogenated alkanes) is 4. The zero-order valence-electron chi connectivity index (χ0n) is 11.1. The van der Waals surface area contributed by atoms with Gasteiger partial charge in [0.1, 0.15) is 5.75 Å². The molecule has 0 saturated carbocycles. The molecule has 0 heterocycles. The van der Waals surface area contributed by atoms with Gasteiger partial charge in [-0.1, -0.05) is 44.7 Å². The normalized spacial score (nSPS) is 10.5. The molecule has 0 saturated heterocycles. The van der Waals surface area contributed by atoms with Crippen molar-refractivity contribution in [1.82, 2.24) is 0 Å². The standard InChI is InChI=1S/C15H24O2/c1-3-4-5-6-7-9-14-10-8-11-15(12-14)17-13-16-2/h8,10-12H,3-7,9,13H2,1-2H3. The fourth-order valence-electron chi connectivity index (χ4n) is 1.85. The SMILES string of the molecule is CCCCCCCc1cccc(OCOC)c1. The Bertz CT molecular complexity index is 297. The summed E-state index contributed by atoms with van der Waals surface area (Å²) in [5.74, 6) is 0.901. The van der Waals surface area contributed by atoms with Crippen molar-refractivity contribution < 1.29 is 9.47 Å². The van der Waals surface area contributed by atoms with Gasteiger partial charge in [0.15, 0.2) is 6.79 Å². The first-order valence-electron chi connectivity index (χ1n) is 6.57. The highest BCUT2D eigenvalue weighted by molar-refractivity contribution is 5.28. The van der Waals surface area contributed by atoms with Crippen molar-refractivity contribution in [2.24, 2.45) is 0 Å². The molecular formula is C15H24O2. The molecule has 0 N–H and O–H groups in total. The highest BCUT2D eigenvalue weighted by Gasteiger charge is 1.97. The minimum atomic E-state index is 0.319. The van der Waals surface area contributed by atoms with E-state index in [0.717, 1.165) is 12.2 Å². The lowest BCUT2D eigenvalue weighted by molar-refractivity contribution is 0.0511. The number of hydrogen-bond acceptors (Lipinski definition) is 2. The maximum Gasteiger partial charge on any atom is 0.188 e. The van der Waals surface area contributed by atoms with E-state index in [0.29, 0.717) is 6.79 Å². The first kappa shape index (κ1) is 14.0. The number of methoxy groups -OCH3 is 1. The average Bonchev–Trinajstić information content (AvgIpc) is 2.37. The summed E-state index contributed by atoms with van der Waals surface area (Å²) < 4.78 is 10.3. The third-order valence-corrected chi connectivity index (χ3v) is 2.81. The Hall–Kier alpha value is -1.02. The number of aryl methyl sites for hydroxylation is 1. The van der Waals surface area contributed by atoms with Crippen LogP contribution in [0.1, 0.15) is 44.6 Å². The number of rotatable bonds is 9. The summed E-state index contributed by atoms with van der Waals surface area (Å²) in [6.07, 6.45) is 7.77. The van der Waals surface area contributed by atoms with Crippen LogP contribution in [-0.4, -0.2) is 13.9 Å². The Morgan fingerprint density at radius 1 is 1.06 bits per heavy atom. The molecule has 0 aromatic heterocycles. The van der Waals surface area contributed by atoms with Crippen LogP contribution in [0.5, 0.6) is 5.75 Å². The third kappa shape index (κ3) is 6.32. The highest BCUT2D eigenvalue weighted by atomic mass is 16.7. The molecule has 2 nitrogen and oxygen atoms in total. The van der Waals surface area contributed by atoms with E-state index in [1.807, 2.05) is 12.1 Å². The van der Waals surface area contributed by atoms with Crippen LogP contribution in [0.4, 0.5) is 0 Å². The van der Waals surface area contributed by atoms with Gasteiger partial charge < -0.3 is 9.47 Å². The van der Waals surface area contributed by atoms with Crippen LogP contribution in [-0.2, 0) is 11.2 Å². The molecule has 0 amide bonds. The van der Waals surface area contributed by atoms with Gasteiger partial charge in [-0.05, 0) is 30.5 Å². The predicted octanol–water partition coefficient (Wildman–Crippen LogP) is 4.18. The van der Waals surface area contributed by atoms with Gasteiger partial charge in [0.2, 0.25) is 0 Å². The van der Waals surface area contributed by atoms with Crippen LogP contribution in [0.25, 0.3) is 0 Å². The molecule has 0 aliphatic rings. The Kier molecular flexibility index (Phi) is 7.48. The van der Waals surface area contributed by atoms with Gasteiger partial charge in [0.25, 0.3) is 0 Å². The second-order valence-corrected chi connectivity index (χ2v) is 4.36. The first-order chi connectivity index (χ1) is 8.36. The molecule has 0 bridgehead atoms. The van der Waals surface area contributed by atoms with Gasteiger partial charge in [-0.25, -0.2) is 0 Å². The minimum absolute atomic E-state index is 0.319. The maximum atomic E-state index is 5.42. The lowest BCUT2D eigenvalue weighted by Gasteiger charge is -2.07. The lowest BCUT2D eigenvalue weighted by Crippen LogP contribution is -1.99. The smallest absolute Gasteiger partial charge is 0.188 e. The van der Waals surface area contributed by atoms with Gasteiger partial charge in [-0.15, -0.1) is 0 Å². The molecular weight excluding hydrogens is 212 g/mol. The molecule has 2 heteroatoms. The van der Waals surface area contributed by atoms with E-state index in [1.165, 1.54) is 37.7 Å². The molecule has 0 aliphatic carbocycles. The molecule has 1 aromatic carbocycles. The summed E-state index contributed by atoms with van der Waals surface area (Å²) >= 11 is 0. The van der Waals surface area contributed by atoms with Crippen molar-refractivity contribution in [3.63, 3.8) is 0 Å². The second-order valence-electron chi connectivity index (χ2n) is 4.36. The molecule has 1 aromatic rings. The molecule has 96 valence electrons. The Balaban J connectivity index is 2.27. The monoisotopic (exact) mass is 236 g/mol. The molecule has 17 heavy (non-hydrogen) atoms. The topological polar surface area (TPSA) is 18.5 Å². The number of ether oxygens (including phenoxy) is 2. The number of benzene rings is 1. The zero-order valence-corrected chi connectivity index (χ0v) is 11.1.